The molecule has 114 valence electrons. The van der Waals surface area contributed by atoms with Crippen molar-refractivity contribution in [2.24, 2.45) is 11.8 Å². The molecule has 1 N–H and O–H groups in total. The molecule has 1 aromatic carbocycles. The fourth-order valence-electron chi connectivity index (χ4n) is 4.50. The average Bonchev–Trinajstić information content (AvgIpc) is 2.93. The molecule has 1 saturated heterocycles. The molecule has 1 aromatic rings. The molecule has 3 fully saturated rings. The number of hydrogen-bond acceptors (Lipinski definition) is 2. The normalized spacial score (nSPS) is 35.1. The molecular formula is C17H21Cl2NO. The topological polar surface area (TPSA) is 21.3 Å². The Bertz CT molecular complexity index is 544. The standard InChI is InChI=1S/C17H21Cl2NO/c18-15-6-5-11(7-16(15)19)17-10-20-8-13(17)14(17)9-21-12-3-1-2-4-12/h5-7,12-14,20H,1-4,8-10H2/t13-,14?,17?/m1/s1. The first-order valence-electron chi connectivity index (χ1n) is 7.99. The Kier molecular flexibility index (Phi) is 3.69. The number of hydrogen-bond donors (Lipinski definition) is 1. The lowest BCUT2D eigenvalue weighted by Gasteiger charge is -2.18. The summed E-state index contributed by atoms with van der Waals surface area (Å²) in [5, 5.41) is 4.82. The maximum absolute atomic E-state index is 6.22. The van der Waals surface area contributed by atoms with E-state index in [1.807, 2.05) is 6.07 Å². The highest BCUT2D eigenvalue weighted by Gasteiger charge is 2.67. The van der Waals surface area contributed by atoms with Crippen LogP contribution in [0.2, 0.25) is 10.0 Å². The van der Waals surface area contributed by atoms with Gasteiger partial charge in [0.1, 0.15) is 0 Å². The summed E-state index contributed by atoms with van der Waals surface area (Å²) in [6.45, 7) is 3.03. The number of halogens is 2. The Balaban J connectivity index is 1.50. The predicted octanol–water partition coefficient (Wildman–Crippen LogP) is 4.04. The van der Waals surface area contributed by atoms with Crippen molar-refractivity contribution in [1.29, 1.82) is 0 Å². The third kappa shape index (κ3) is 2.31. The van der Waals surface area contributed by atoms with Gasteiger partial charge in [-0.3, -0.25) is 0 Å². The van der Waals surface area contributed by atoms with Crippen molar-refractivity contribution in [3.8, 4) is 0 Å². The van der Waals surface area contributed by atoms with Crippen molar-refractivity contribution in [3.05, 3.63) is 33.8 Å². The molecule has 0 amide bonds. The Labute approximate surface area is 136 Å². The Hall–Kier alpha value is -0.280. The summed E-state index contributed by atoms with van der Waals surface area (Å²) >= 11 is 12.3. The van der Waals surface area contributed by atoms with E-state index in [9.17, 15) is 0 Å². The number of ether oxygens (including phenoxy) is 1. The smallest absolute Gasteiger partial charge is 0.0595 e. The second-order valence-electron chi connectivity index (χ2n) is 6.75. The molecule has 0 radical (unpaired) electrons. The highest BCUT2D eigenvalue weighted by Crippen LogP contribution is 2.62. The summed E-state index contributed by atoms with van der Waals surface area (Å²) in [6.07, 6.45) is 5.66. The van der Waals surface area contributed by atoms with Crippen molar-refractivity contribution in [2.75, 3.05) is 19.7 Å². The molecule has 3 aliphatic rings. The summed E-state index contributed by atoms with van der Waals surface area (Å²) in [5.41, 5.74) is 1.55. The zero-order chi connectivity index (χ0) is 14.4. The number of nitrogens with one attached hydrogen (secondary N) is 1. The molecule has 21 heavy (non-hydrogen) atoms. The molecule has 2 nitrogen and oxygen atoms in total. The molecule has 0 spiro atoms. The van der Waals surface area contributed by atoms with Crippen molar-refractivity contribution in [2.45, 2.75) is 37.2 Å². The molecule has 1 aliphatic heterocycles. The van der Waals surface area contributed by atoms with Gasteiger partial charge in [-0.15, -0.1) is 0 Å². The van der Waals surface area contributed by atoms with E-state index in [0.717, 1.165) is 19.7 Å². The lowest BCUT2D eigenvalue weighted by atomic mass is 9.93. The molecule has 0 bridgehead atoms. The van der Waals surface area contributed by atoms with Crippen LogP contribution in [0.25, 0.3) is 0 Å². The highest BCUT2D eigenvalue weighted by atomic mass is 35.5. The van der Waals surface area contributed by atoms with Gasteiger partial charge in [0.15, 0.2) is 0 Å². The summed E-state index contributed by atoms with van der Waals surface area (Å²) in [7, 11) is 0. The molecular weight excluding hydrogens is 305 g/mol. The fraction of sp³-hybridized carbons (Fsp3) is 0.647. The predicted molar refractivity (Wildman–Crippen MR) is 86.2 cm³/mol. The number of rotatable bonds is 4. The highest BCUT2D eigenvalue weighted by molar-refractivity contribution is 6.42. The Morgan fingerprint density at radius 1 is 1.19 bits per heavy atom. The van der Waals surface area contributed by atoms with Gasteiger partial charge in [-0.1, -0.05) is 42.1 Å². The Morgan fingerprint density at radius 3 is 2.76 bits per heavy atom. The number of benzene rings is 1. The SMILES string of the molecule is Clc1ccc(C23CNC[C@@H]2C3COC2CCCC2)cc1Cl. The monoisotopic (exact) mass is 325 g/mol. The van der Waals surface area contributed by atoms with Crippen molar-refractivity contribution >= 4 is 23.2 Å². The minimum absolute atomic E-state index is 0.229. The lowest BCUT2D eigenvalue weighted by Crippen LogP contribution is -2.26. The summed E-state index contributed by atoms with van der Waals surface area (Å²) in [5.74, 6) is 1.33. The van der Waals surface area contributed by atoms with Crippen LogP contribution in [0.5, 0.6) is 0 Å². The molecule has 2 aliphatic carbocycles. The Morgan fingerprint density at radius 2 is 2.00 bits per heavy atom. The van der Waals surface area contributed by atoms with Crippen molar-refractivity contribution < 1.29 is 4.74 Å². The van der Waals surface area contributed by atoms with E-state index in [-0.39, 0.29) is 5.41 Å². The first kappa shape index (κ1) is 14.3. The van der Waals surface area contributed by atoms with Crippen LogP contribution in [-0.2, 0) is 10.2 Å². The molecule has 3 atom stereocenters. The van der Waals surface area contributed by atoms with E-state index in [0.29, 0.717) is 28.0 Å². The van der Waals surface area contributed by atoms with E-state index in [1.165, 1.54) is 31.2 Å². The van der Waals surface area contributed by atoms with Gasteiger partial charge in [0, 0.05) is 12.0 Å². The van der Waals surface area contributed by atoms with Gasteiger partial charge in [0.2, 0.25) is 0 Å². The maximum Gasteiger partial charge on any atom is 0.0595 e. The third-order valence-corrected chi connectivity index (χ3v) is 6.49. The largest absolute Gasteiger partial charge is 0.378 e. The maximum atomic E-state index is 6.22. The third-order valence-electron chi connectivity index (χ3n) is 5.75. The van der Waals surface area contributed by atoms with E-state index in [4.69, 9.17) is 27.9 Å². The van der Waals surface area contributed by atoms with Crippen LogP contribution in [0.1, 0.15) is 31.2 Å². The second kappa shape index (κ2) is 5.42. The molecule has 1 heterocycles. The first-order chi connectivity index (χ1) is 10.2. The molecule has 4 heteroatoms. The summed E-state index contributed by atoms with van der Waals surface area (Å²) in [4.78, 5) is 0. The second-order valence-corrected chi connectivity index (χ2v) is 7.57. The van der Waals surface area contributed by atoms with Crippen LogP contribution in [0.15, 0.2) is 18.2 Å². The van der Waals surface area contributed by atoms with Crippen molar-refractivity contribution in [1.82, 2.24) is 5.32 Å². The van der Waals surface area contributed by atoms with Gasteiger partial charge in [0.05, 0.1) is 22.8 Å². The summed E-state index contributed by atoms with van der Waals surface area (Å²) in [6, 6.07) is 6.12. The molecule has 4 rings (SSSR count). The first-order valence-corrected chi connectivity index (χ1v) is 8.75. The van der Waals surface area contributed by atoms with Crippen LogP contribution < -0.4 is 5.32 Å². The number of piperidine rings is 1. The van der Waals surface area contributed by atoms with E-state index in [1.54, 1.807) is 0 Å². The average molecular weight is 326 g/mol. The minimum Gasteiger partial charge on any atom is -0.378 e. The van der Waals surface area contributed by atoms with Crippen LogP contribution in [0, 0.1) is 11.8 Å². The summed E-state index contributed by atoms with van der Waals surface area (Å²) < 4.78 is 6.18. The van der Waals surface area contributed by atoms with E-state index >= 15 is 0 Å². The van der Waals surface area contributed by atoms with E-state index in [2.05, 4.69) is 17.4 Å². The van der Waals surface area contributed by atoms with Crippen LogP contribution >= 0.6 is 23.2 Å². The van der Waals surface area contributed by atoms with Crippen LogP contribution in [0.3, 0.4) is 0 Å². The van der Waals surface area contributed by atoms with Gasteiger partial charge in [-0.25, -0.2) is 0 Å². The molecule has 0 aromatic heterocycles. The van der Waals surface area contributed by atoms with Gasteiger partial charge in [-0.05, 0) is 48.9 Å². The fourth-order valence-corrected chi connectivity index (χ4v) is 4.80. The van der Waals surface area contributed by atoms with Gasteiger partial charge >= 0.3 is 0 Å². The van der Waals surface area contributed by atoms with E-state index < -0.39 is 0 Å². The minimum atomic E-state index is 0.229. The quantitative estimate of drug-likeness (QED) is 0.902. The zero-order valence-electron chi connectivity index (χ0n) is 12.1. The zero-order valence-corrected chi connectivity index (χ0v) is 13.6. The molecule has 2 unspecified atom stereocenters. The number of fused-ring (bicyclic) bond motifs is 1. The molecule has 2 saturated carbocycles. The van der Waals surface area contributed by atoms with Crippen molar-refractivity contribution in [3.63, 3.8) is 0 Å². The van der Waals surface area contributed by atoms with Gasteiger partial charge < -0.3 is 10.1 Å². The van der Waals surface area contributed by atoms with Crippen LogP contribution in [-0.4, -0.2) is 25.8 Å². The van der Waals surface area contributed by atoms with Crippen LogP contribution in [0.4, 0.5) is 0 Å². The van der Waals surface area contributed by atoms with Gasteiger partial charge in [-0.2, -0.15) is 0 Å². The van der Waals surface area contributed by atoms with Gasteiger partial charge in [0.25, 0.3) is 0 Å². The lowest BCUT2D eigenvalue weighted by molar-refractivity contribution is 0.0445.